The molecule has 0 saturated carbocycles. The van der Waals surface area contributed by atoms with Crippen LogP contribution in [0.15, 0.2) is 154 Å². The molecule has 8 heteroatoms. The van der Waals surface area contributed by atoms with Crippen LogP contribution in [-0.4, -0.2) is 35.8 Å². The molecule has 2 aromatic carbocycles. The lowest BCUT2D eigenvalue weighted by Crippen LogP contribution is -2.25. The summed E-state index contributed by atoms with van der Waals surface area (Å²) in [5, 5.41) is 0.951. The summed E-state index contributed by atoms with van der Waals surface area (Å²) in [4.78, 5) is 43.6. The topological polar surface area (TPSA) is 107 Å². The van der Waals surface area contributed by atoms with Crippen LogP contribution < -0.4 is 5.63 Å². The first-order valence-corrected chi connectivity index (χ1v) is 18.5. The van der Waals surface area contributed by atoms with Gasteiger partial charge < -0.3 is 13.6 Å². The summed E-state index contributed by atoms with van der Waals surface area (Å²) in [5.41, 5.74) is 5.30. The molecule has 2 aromatic heterocycles. The van der Waals surface area contributed by atoms with Gasteiger partial charge in [-0.3, -0.25) is 14.5 Å². The number of rotatable bonds is 2. The Morgan fingerprint density at radius 2 is 1.40 bits per heavy atom. The van der Waals surface area contributed by atoms with E-state index in [2.05, 4.69) is 67.5 Å². The molecule has 2 amide bonds. The number of carbonyl (C=O) groups excluding carboxylic acids is 3. The number of ether oxygens (including phenoxy) is 1. The molecule has 1 saturated heterocycles. The van der Waals surface area contributed by atoms with Crippen molar-refractivity contribution in [3.05, 3.63) is 162 Å². The van der Waals surface area contributed by atoms with E-state index < -0.39 is 0 Å². The monoisotopic (exact) mass is 755 g/mol. The highest BCUT2D eigenvalue weighted by Gasteiger charge is 2.23. The van der Waals surface area contributed by atoms with Gasteiger partial charge in [-0.1, -0.05) is 107 Å². The van der Waals surface area contributed by atoms with E-state index in [1.54, 1.807) is 37.7 Å². The number of aryl methyl sites for hydroxylation is 1. The normalized spacial score (nSPS) is 13.1. The predicted molar refractivity (Wildman–Crippen MR) is 232 cm³/mol. The lowest BCUT2D eigenvalue weighted by atomic mass is 10.1. The lowest BCUT2D eigenvalue weighted by molar-refractivity contribution is -0.138. The molecule has 8 nitrogen and oxygen atoms in total. The van der Waals surface area contributed by atoms with E-state index in [-0.39, 0.29) is 29.5 Å². The lowest BCUT2D eigenvalue weighted by Gasteiger charge is -2.03. The number of likely N-dealkylation sites (N-methyl/N-ethyl adjacent to an activating group) is 1. The maximum absolute atomic E-state index is 10.8. The Kier molecular flexibility index (Phi) is 33.2. The molecule has 300 valence electrons. The van der Waals surface area contributed by atoms with Crippen LogP contribution in [0.3, 0.4) is 0 Å². The van der Waals surface area contributed by atoms with Crippen LogP contribution in [0.4, 0.5) is 0 Å². The van der Waals surface area contributed by atoms with E-state index in [9.17, 15) is 19.2 Å². The standard InChI is InChI=1S/C11H14.C9H6O2.C6H7NO2.C6H8O2.C4H4O.C4H8.C3H6.2C2H6/c1-3-5-11-8-6-10(4-2)7-9-11;10-9-6-5-7-3-1-2-4-8(7)11-9;1-4-3-5(8)7(2)6(4)9;1-4-3-5(2)8-6(4)7;1-2-4-5-3-1;1-4(2)3;1-3-2;2*1-2/h3,5-9H,4H2,1-2H3;1-6H;3H,1-2H3;5H,1,3H2,2H3;1-4H;1H2,2-3H3;3H,1H2,2H3;2*1-2H3/b5-3+;;;;;;;;. The van der Waals surface area contributed by atoms with Crippen LogP contribution in [-0.2, 0) is 25.5 Å². The van der Waals surface area contributed by atoms with Gasteiger partial charge in [-0.05, 0) is 83.4 Å². The minimum atomic E-state index is -0.302. The number of cyclic esters (lactones) is 1. The summed E-state index contributed by atoms with van der Waals surface area (Å²) in [6.07, 6.45) is 12.4. The molecular weight excluding hydrogens is 691 g/mol. The van der Waals surface area contributed by atoms with Crippen LogP contribution in [0, 0.1) is 0 Å². The van der Waals surface area contributed by atoms with Gasteiger partial charge in [-0.25, -0.2) is 9.59 Å². The molecule has 2 aliphatic rings. The van der Waals surface area contributed by atoms with Crippen molar-refractivity contribution < 1.29 is 28.0 Å². The minimum Gasteiger partial charge on any atom is -0.473 e. The van der Waals surface area contributed by atoms with Gasteiger partial charge >= 0.3 is 11.6 Å². The number of nitrogens with zero attached hydrogens (tertiary/aromatic N) is 1. The SMILES string of the molecule is C/C=C/c1ccc(CC)cc1.C=C(C)C.C=C1CC(C)OC1=O.C=CC.CC.CC.CC1=CC(=O)N(C)C1=O.O=c1ccc2ccccc2o1.c1ccoc1. The number of benzene rings is 2. The van der Waals surface area contributed by atoms with Crippen LogP contribution in [0.5, 0.6) is 0 Å². The van der Waals surface area contributed by atoms with Gasteiger partial charge in [0.1, 0.15) is 11.7 Å². The molecule has 2 aliphatic heterocycles. The van der Waals surface area contributed by atoms with Crippen LogP contribution in [0.25, 0.3) is 17.0 Å². The molecule has 6 rings (SSSR count). The number of allylic oxidation sites excluding steroid dienone is 3. The smallest absolute Gasteiger partial charge is 0.336 e. The summed E-state index contributed by atoms with van der Waals surface area (Å²) in [6, 6.07) is 22.9. The zero-order valence-electron chi connectivity index (χ0n) is 35.3. The minimum absolute atomic E-state index is 0.0509. The first-order chi connectivity index (χ1) is 26.2. The van der Waals surface area contributed by atoms with Gasteiger partial charge in [-0.15, -0.1) is 13.2 Å². The molecule has 1 unspecified atom stereocenters. The summed E-state index contributed by atoms with van der Waals surface area (Å²) >= 11 is 0. The van der Waals surface area contributed by atoms with Gasteiger partial charge in [0.05, 0.1) is 12.5 Å². The maximum Gasteiger partial charge on any atom is 0.336 e. The highest BCUT2D eigenvalue weighted by Crippen LogP contribution is 2.17. The summed E-state index contributed by atoms with van der Waals surface area (Å²) in [7, 11) is 1.47. The van der Waals surface area contributed by atoms with Crippen LogP contribution in [0.1, 0.15) is 93.7 Å². The Morgan fingerprint density at radius 1 is 0.873 bits per heavy atom. The molecule has 0 N–H and O–H groups in total. The Hall–Kier alpha value is -5.76. The third-order valence-electron chi connectivity index (χ3n) is 6.14. The Bertz CT molecular complexity index is 1740. The largest absolute Gasteiger partial charge is 0.473 e. The second-order valence-electron chi connectivity index (χ2n) is 11.3. The van der Waals surface area contributed by atoms with Crippen molar-refractivity contribution in [3.8, 4) is 0 Å². The third kappa shape index (κ3) is 26.6. The fourth-order valence-electron chi connectivity index (χ4n) is 3.74. The first kappa shape index (κ1) is 53.6. The van der Waals surface area contributed by atoms with E-state index in [0.29, 0.717) is 23.2 Å². The number of furan rings is 1. The molecule has 4 heterocycles. The molecule has 55 heavy (non-hydrogen) atoms. The van der Waals surface area contributed by atoms with E-state index in [0.717, 1.165) is 16.7 Å². The number of carbonyl (C=O) groups is 3. The maximum atomic E-state index is 10.8. The quantitative estimate of drug-likeness (QED) is 0.0659. The van der Waals surface area contributed by atoms with Gasteiger partial charge in [0.25, 0.3) is 11.8 Å². The number of para-hydroxylation sites is 1. The van der Waals surface area contributed by atoms with E-state index >= 15 is 0 Å². The van der Waals surface area contributed by atoms with Crippen molar-refractivity contribution in [1.82, 2.24) is 4.90 Å². The molecule has 1 fully saturated rings. The molecule has 4 aromatic rings. The van der Waals surface area contributed by atoms with Crippen molar-refractivity contribution in [2.45, 2.75) is 95.1 Å². The van der Waals surface area contributed by atoms with Crippen LogP contribution >= 0.6 is 0 Å². The zero-order valence-corrected chi connectivity index (χ0v) is 35.3. The van der Waals surface area contributed by atoms with Gasteiger partial charge in [0, 0.05) is 42.1 Å². The van der Waals surface area contributed by atoms with Gasteiger partial charge in [-0.2, -0.15) is 0 Å². The number of esters is 1. The fraction of sp³-hybridized carbons (Fsp3) is 0.319. The average molecular weight is 756 g/mol. The average Bonchev–Trinajstić information content (AvgIpc) is 3.91. The Balaban J connectivity index is -0.000000584. The van der Waals surface area contributed by atoms with Gasteiger partial charge in [0.15, 0.2) is 0 Å². The van der Waals surface area contributed by atoms with Crippen molar-refractivity contribution in [3.63, 3.8) is 0 Å². The van der Waals surface area contributed by atoms with Crippen molar-refractivity contribution in [2.75, 3.05) is 7.05 Å². The summed E-state index contributed by atoms with van der Waals surface area (Å²) in [5.74, 6) is -0.657. The highest BCUT2D eigenvalue weighted by molar-refractivity contribution is 6.15. The molecule has 0 bridgehead atoms. The second kappa shape index (κ2) is 34.0. The number of fused-ring (bicyclic) bond motifs is 1. The highest BCUT2D eigenvalue weighted by atomic mass is 16.5. The van der Waals surface area contributed by atoms with Gasteiger partial charge in [0.2, 0.25) is 0 Å². The predicted octanol–water partition coefficient (Wildman–Crippen LogP) is 12.0. The molecule has 0 spiro atoms. The van der Waals surface area contributed by atoms with Crippen molar-refractivity contribution in [2.24, 2.45) is 0 Å². The third-order valence-corrected chi connectivity index (χ3v) is 6.14. The fourth-order valence-corrected chi connectivity index (χ4v) is 3.74. The van der Waals surface area contributed by atoms with E-state index in [1.807, 2.05) is 92.6 Å². The molecule has 0 aliphatic carbocycles. The number of hydrogen-bond donors (Lipinski definition) is 0. The van der Waals surface area contributed by atoms with E-state index in [1.165, 1.54) is 35.9 Å². The Morgan fingerprint density at radius 3 is 1.73 bits per heavy atom. The first-order valence-electron chi connectivity index (χ1n) is 18.5. The van der Waals surface area contributed by atoms with Crippen molar-refractivity contribution in [1.29, 1.82) is 0 Å². The van der Waals surface area contributed by atoms with Crippen LogP contribution in [0.2, 0.25) is 0 Å². The summed E-state index contributed by atoms with van der Waals surface area (Å²) < 4.78 is 14.2. The summed E-state index contributed by atoms with van der Waals surface area (Å²) in [6.45, 7) is 32.0. The number of hydrogen-bond acceptors (Lipinski definition) is 7. The second-order valence-corrected chi connectivity index (χ2v) is 11.3. The molecule has 0 radical (unpaired) electrons. The number of imide groups is 1. The molecular formula is C47H65NO7. The zero-order chi connectivity index (χ0) is 42.8. The molecule has 1 atom stereocenters. The Labute approximate surface area is 330 Å². The van der Waals surface area contributed by atoms with Crippen molar-refractivity contribution >= 4 is 34.8 Å². The van der Waals surface area contributed by atoms with E-state index in [4.69, 9.17) is 9.15 Å². The number of amides is 2.